The van der Waals surface area contributed by atoms with Crippen molar-refractivity contribution < 1.29 is 22.7 Å². The number of amides is 1. The highest BCUT2D eigenvalue weighted by Crippen LogP contribution is 2.46. The summed E-state index contributed by atoms with van der Waals surface area (Å²) in [5.74, 6) is -1.88. The highest BCUT2D eigenvalue weighted by molar-refractivity contribution is 5.97. The van der Waals surface area contributed by atoms with E-state index in [2.05, 4.69) is 22.8 Å². The molecule has 2 aliphatic rings. The van der Waals surface area contributed by atoms with E-state index in [1.807, 2.05) is 18.2 Å². The smallest absolute Gasteiger partial charge is 0.396 e. The number of nitrogens with one attached hydrogen (secondary N) is 2. The van der Waals surface area contributed by atoms with E-state index in [1.165, 1.54) is 24.6 Å². The molecule has 1 amide bonds. The molecular weight excluding hydrogens is 490 g/mol. The molecule has 1 unspecified atom stereocenters. The van der Waals surface area contributed by atoms with Crippen LogP contribution in [0.2, 0.25) is 0 Å². The number of carbonyl (C=O) groups excluding carboxylic acids is 1. The van der Waals surface area contributed by atoms with Gasteiger partial charge in [-0.2, -0.15) is 13.2 Å². The van der Waals surface area contributed by atoms with Crippen LogP contribution in [0.15, 0.2) is 42.5 Å². The van der Waals surface area contributed by atoms with Crippen LogP contribution in [0.5, 0.6) is 5.75 Å². The Kier molecular flexibility index (Phi) is 9.65. The number of alkyl halides is 3. The number of rotatable bonds is 5. The average Bonchev–Trinajstić information content (AvgIpc) is 2.79. The summed E-state index contributed by atoms with van der Waals surface area (Å²) in [6.45, 7) is 1.29. The molecular formula is C24H30Cl2F3N3O2. The highest BCUT2D eigenvalue weighted by atomic mass is 35.5. The van der Waals surface area contributed by atoms with Crippen molar-refractivity contribution in [3.8, 4) is 5.75 Å². The van der Waals surface area contributed by atoms with E-state index in [1.54, 1.807) is 12.1 Å². The lowest BCUT2D eigenvalue weighted by molar-refractivity contribution is -0.157. The van der Waals surface area contributed by atoms with Gasteiger partial charge >= 0.3 is 6.18 Å². The van der Waals surface area contributed by atoms with Crippen LogP contribution in [0.4, 0.5) is 18.9 Å². The lowest BCUT2D eigenvalue weighted by atomic mass is 9.87. The SMILES string of the molecule is COc1cc2c(cc1CN[C@H]1CCCN[C@H]1c1ccccc1)C(C(F)(F)F)CC(=O)N2C.Cl.Cl. The largest absolute Gasteiger partial charge is 0.496 e. The fraction of sp³-hybridized carbons (Fsp3) is 0.458. The van der Waals surface area contributed by atoms with Crippen LogP contribution >= 0.6 is 24.8 Å². The topological polar surface area (TPSA) is 53.6 Å². The Labute approximate surface area is 210 Å². The first-order valence-corrected chi connectivity index (χ1v) is 10.9. The molecule has 2 heterocycles. The fourth-order valence-electron chi connectivity index (χ4n) is 4.74. The van der Waals surface area contributed by atoms with Crippen molar-refractivity contribution in [3.63, 3.8) is 0 Å². The molecule has 1 saturated heterocycles. The van der Waals surface area contributed by atoms with Gasteiger partial charge in [-0.1, -0.05) is 30.3 Å². The number of methoxy groups -OCH3 is 1. The number of anilines is 1. The van der Waals surface area contributed by atoms with Crippen molar-refractivity contribution in [2.45, 2.75) is 50.0 Å². The summed E-state index contributed by atoms with van der Waals surface area (Å²) in [5, 5.41) is 7.09. The molecule has 188 valence electrons. The van der Waals surface area contributed by atoms with Crippen molar-refractivity contribution in [1.82, 2.24) is 10.6 Å². The van der Waals surface area contributed by atoms with Crippen molar-refractivity contribution in [2.75, 3.05) is 25.6 Å². The van der Waals surface area contributed by atoms with E-state index in [0.717, 1.165) is 19.4 Å². The number of halogens is 5. The molecule has 2 aromatic carbocycles. The summed E-state index contributed by atoms with van der Waals surface area (Å²) >= 11 is 0. The van der Waals surface area contributed by atoms with Crippen LogP contribution in [0.3, 0.4) is 0 Å². The molecule has 0 bridgehead atoms. The minimum absolute atomic E-state index is 0. The van der Waals surface area contributed by atoms with Crippen LogP contribution < -0.4 is 20.3 Å². The lowest BCUT2D eigenvalue weighted by Gasteiger charge is -2.35. The first kappa shape index (κ1) is 28.2. The van der Waals surface area contributed by atoms with E-state index in [4.69, 9.17) is 4.74 Å². The number of ether oxygens (including phenoxy) is 1. The zero-order valence-corrected chi connectivity index (χ0v) is 20.7. The Bertz CT molecular complexity index is 976. The van der Waals surface area contributed by atoms with E-state index in [-0.39, 0.29) is 48.1 Å². The van der Waals surface area contributed by atoms with Gasteiger partial charge in [-0.05, 0) is 36.6 Å². The van der Waals surface area contributed by atoms with Gasteiger partial charge in [-0.15, -0.1) is 24.8 Å². The summed E-state index contributed by atoms with van der Waals surface area (Å²) in [6, 6.07) is 13.5. The Morgan fingerprint density at radius 2 is 1.88 bits per heavy atom. The molecule has 1 fully saturated rings. The van der Waals surface area contributed by atoms with Gasteiger partial charge in [0.1, 0.15) is 5.75 Å². The Morgan fingerprint density at radius 1 is 1.18 bits per heavy atom. The quantitative estimate of drug-likeness (QED) is 0.574. The van der Waals surface area contributed by atoms with Crippen LogP contribution in [0.1, 0.15) is 47.9 Å². The van der Waals surface area contributed by atoms with Gasteiger partial charge < -0.3 is 20.3 Å². The number of piperidine rings is 1. The second kappa shape index (κ2) is 11.6. The van der Waals surface area contributed by atoms with Gasteiger partial charge in [-0.25, -0.2) is 0 Å². The van der Waals surface area contributed by atoms with E-state index < -0.39 is 24.4 Å². The third-order valence-corrected chi connectivity index (χ3v) is 6.49. The van der Waals surface area contributed by atoms with Crippen LogP contribution in [-0.2, 0) is 11.3 Å². The number of hydrogen-bond donors (Lipinski definition) is 2. The van der Waals surface area contributed by atoms with Crippen LogP contribution in [0, 0.1) is 0 Å². The van der Waals surface area contributed by atoms with Crippen LogP contribution in [0.25, 0.3) is 0 Å². The first-order chi connectivity index (χ1) is 15.3. The molecule has 34 heavy (non-hydrogen) atoms. The summed E-state index contributed by atoms with van der Waals surface area (Å²) in [6.07, 6.45) is -3.08. The summed E-state index contributed by atoms with van der Waals surface area (Å²) < 4.78 is 46.7. The second-order valence-electron chi connectivity index (χ2n) is 8.45. The minimum atomic E-state index is -4.49. The zero-order chi connectivity index (χ0) is 22.9. The number of fused-ring (bicyclic) bond motifs is 1. The maximum absolute atomic E-state index is 13.7. The number of nitrogens with zero attached hydrogens (tertiary/aromatic N) is 1. The van der Waals surface area contributed by atoms with Gasteiger partial charge in [0.25, 0.3) is 0 Å². The molecule has 0 saturated carbocycles. The van der Waals surface area contributed by atoms with E-state index in [0.29, 0.717) is 17.9 Å². The fourth-order valence-corrected chi connectivity index (χ4v) is 4.74. The van der Waals surface area contributed by atoms with Gasteiger partial charge in [0.05, 0.1) is 18.7 Å². The molecule has 0 aliphatic carbocycles. The van der Waals surface area contributed by atoms with Gasteiger partial charge in [0, 0.05) is 43.7 Å². The van der Waals surface area contributed by atoms with Gasteiger partial charge in [-0.3, -0.25) is 4.79 Å². The number of hydrogen-bond acceptors (Lipinski definition) is 4. The Morgan fingerprint density at radius 3 is 2.53 bits per heavy atom. The maximum atomic E-state index is 13.7. The van der Waals surface area contributed by atoms with Crippen molar-refractivity contribution >= 4 is 36.4 Å². The molecule has 2 N–H and O–H groups in total. The maximum Gasteiger partial charge on any atom is 0.396 e. The minimum Gasteiger partial charge on any atom is -0.496 e. The predicted octanol–water partition coefficient (Wildman–Crippen LogP) is 5.13. The molecule has 0 spiro atoms. The monoisotopic (exact) mass is 519 g/mol. The molecule has 5 nitrogen and oxygen atoms in total. The van der Waals surface area contributed by atoms with E-state index in [9.17, 15) is 18.0 Å². The van der Waals surface area contributed by atoms with Crippen molar-refractivity contribution in [1.29, 1.82) is 0 Å². The van der Waals surface area contributed by atoms with Crippen molar-refractivity contribution in [2.24, 2.45) is 0 Å². The molecule has 2 aromatic rings. The summed E-state index contributed by atoms with van der Waals surface area (Å²) in [5.41, 5.74) is 2.21. The number of carbonyl (C=O) groups is 1. The number of benzene rings is 2. The van der Waals surface area contributed by atoms with Crippen molar-refractivity contribution in [3.05, 3.63) is 59.2 Å². The lowest BCUT2D eigenvalue weighted by Crippen LogP contribution is -2.45. The molecule has 10 heteroatoms. The van der Waals surface area contributed by atoms with Gasteiger partial charge in [0.15, 0.2) is 0 Å². The molecule has 0 radical (unpaired) electrons. The molecule has 4 rings (SSSR count). The van der Waals surface area contributed by atoms with E-state index >= 15 is 0 Å². The predicted molar refractivity (Wildman–Crippen MR) is 131 cm³/mol. The molecule has 0 aromatic heterocycles. The normalized spacial score (nSPS) is 22.3. The Balaban J connectivity index is 0.00000204. The zero-order valence-electron chi connectivity index (χ0n) is 19.0. The van der Waals surface area contributed by atoms with Crippen LogP contribution in [-0.4, -0.2) is 38.8 Å². The second-order valence-corrected chi connectivity index (χ2v) is 8.45. The Hall–Kier alpha value is -2.00. The average molecular weight is 520 g/mol. The standard InChI is InChI=1S/C24H28F3N3O2.2ClH/c1-30-20-13-21(32-2)16(11-17(20)18(12-22(30)31)24(25,26)27)14-29-19-9-6-10-28-23(19)15-7-4-3-5-8-15;;/h3-5,7-8,11,13,18-19,23,28-29H,6,9-10,12,14H2,1-2H3;2*1H/t18?,19-,23-;;/m0../s1. The van der Waals surface area contributed by atoms with Gasteiger partial charge in [0.2, 0.25) is 5.91 Å². The first-order valence-electron chi connectivity index (χ1n) is 10.9. The highest BCUT2D eigenvalue weighted by Gasteiger charge is 2.47. The molecule has 2 aliphatic heterocycles. The third kappa shape index (κ3) is 5.79. The summed E-state index contributed by atoms with van der Waals surface area (Å²) in [4.78, 5) is 13.5. The summed E-state index contributed by atoms with van der Waals surface area (Å²) in [7, 11) is 3.00. The molecule has 3 atom stereocenters. The third-order valence-electron chi connectivity index (χ3n) is 6.49.